The monoisotopic (exact) mass is 474 g/mol. The van der Waals surface area contributed by atoms with E-state index in [1.807, 2.05) is 43.9 Å². The van der Waals surface area contributed by atoms with E-state index in [1.54, 1.807) is 19.1 Å². The van der Waals surface area contributed by atoms with Crippen LogP contribution < -0.4 is 14.4 Å². The summed E-state index contributed by atoms with van der Waals surface area (Å²) < 4.78 is 32.7. The van der Waals surface area contributed by atoms with Crippen LogP contribution in [0.1, 0.15) is 46.1 Å². The third-order valence-corrected chi connectivity index (χ3v) is 6.74. The second-order valence-electron chi connectivity index (χ2n) is 9.96. The van der Waals surface area contributed by atoms with Crippen molar-refractivity contribution in [3.63, 3.8) is 0 Å². The minimum Gasteiger partial charge on any atom is -0.444 e. The van der Waals surface area contributed by atoms with Crippen molar-refractivity contribution in [3.05, 3.63) is 52.8 Å². The van der Waals surface area contributed by atoms with Crippen molar-refractivity contribution in [1.29, 1.82) is 0 Å². The first-order valence-electron chi connectivity index (χ1n) is 11.3. The number of piperazine rings is 1. The maximum Gasteiger partial charge on any atom is 0.410 e. The number of hydrogen-bond donors (Lipinski definition) is 0. The molecule has 1 saturated carbocycles. The smallest absolute Gasteiger partial charge is 0.410 e. The van der Waals surface area contributed by atoms with Crippen LogP contribution in [0.4, 0.5) is 14.9 Å². The maximum atomic E-state index is 14.7. The van der Waals surface area contributed by atoms with Gasteiger partial charge in [0, 0.05) is 31.1 Å². The van der Waals surface area contributed by atoms with E-state index in [9.17, 15) is 9.18 Å². The lowest BCUT2D eigenvalue weighted by Crippen LogP contribution is -2.66. The highest BCUT2D eigenvalue weighted by Gasteiger charge is 2.48. The standard InChI is InChI=1S/C25H28ClFN2O4/c1-24(2,3)33-23(30)29-13-12-28(18-10-11-19(18)29)20-6-5-7-21-22(20)32-25(4,31-21)16-9-8-15(26)14-17(16)27/h5-9,14,18-19H,10-13H2,1-4H3/t18-,19+,25?/m0/s1. The number of benzene rings is 2. The van der Waals surface area contributed by atoms with E-state index >= 15 is 0 Å². The summed E-state index contributed by atoms with van der Waals surface area (Å²) in [6.07, 6.45) is 1.64. The average molecular weight is 475 g/mol. The Kier molecular flexibility index (Phi) is 5.16. The Bertz CT molecular complexity index is 1100. The molecule has 33 heavy (non-hydrogen) atoms. The highest BCUT2D eigenvalue weighted by Crippen LogP contribution is 2.51. The number of amides is 1. The summed E-state index contributed by atoms with van der Waals surface area (Å²) >= 11 is 5.93. The van der Waals surface area contributed by atoms with E-state index in [4.69, 9.17) is 25.8 Å². The molecule has 1 unspecified atom stereocenters. The van der Waals surface area contributed by atoms with Crippen LogP contribution in [0.2, 0.25) is 5.02 Å². The number of fused-ring (bicyclic) bond motifs is 2. The highest BCUT2D eigenvalue weighted by molar-refractivity contribution is 6.30. The van der Waals surface area contributed by atoms with Crippen LogP contribution in [0.5, 0.6) is 11.5 Å². The number of anilines is 1. The van der Waals surface area contributed by atoms with Gasteiger partial charge in [0.2, 0.25) is 0 Å². The summed E-state index contributed by atoms with van der Waals surface area (Å²) in [7, 11) is 0. The zero-order valence-corrected chi connectivity index (χ0v) is 20.0. The van der Waals surface area contributed by atoms with Crippen molar-refractivity contribution in [2.75, 3.05) is 18.0 Å². The molecule has 0 spiro atoms. The normalized spacial score (nSPS) is 26.0. The second-order valence-corrected chi connectivity index (χ2v) is 10.4. The van der Waals surface area contributed by atoms with E-state index < -0.39 is 17.2 Å². The molecule has 2 fully saturated rings. The zero-order valence-electron chi connectivity index (χ0n) is 19.2. The number of hydrogen-bond acceptors (Lipinski definition) is 5. The number of rotatable bonds is 2. The molecule has 2 heterocycles. The molecule has 0 N–H and O–H groups in total. The van der Waals surface area contributed by atoms with Gasteiger partial charge in [-0.05, 0) is 63.9 Å². The number of halogens is 2. The summed E-state index contributed by atoms with van der Waals surface area (Å²) in [5.74, 6) is -0.630. The lowest BCUT2D eigenvalue weighted by molar-refractivity contribution is -0.0706. The molecule has 0 bridgehead atoms. The van der Waals surface area contributed by atoms with E-state index in [1.165, 1.54) is 6.07 Å². The fourth-order valence-corrected chi connectivity index (χ4v) is 5.05. The summed E-state index contributed by atoms with van der Waals surface area (Å²) in [6, 6.07) is 10.5. The Hall–Kier alpha value is -2.67. The van der Waals surface area contributed by atoms with Gasteiger partial charge in [-0.3, -0.25) is 0 Å². The molecule has 2 aromatic carbocycles. The first kappa shape index (κ1) is 22.1. The maximum absolute atomic E-state index is 14.7. The van der Waals surface area contributed by atoms with Crippen LogP contribution in [-0.2, 0) is 10.5 Å². The van der Waals surface area contributed by atoms with Gasteiger partial charge in [0.15, 0.2) is 11.5 Å². The Morgan fingerprint density at radius 1 is 1.15 bits per heavy atom. The predicted molar refractivity (Wildman–Crippen MR) is 124 cm³/mol. The fraction of sp³-hybridized carbons (Fsp3) is 0.480. The highest BCUT2D eigenvalue weighted by atomic mass is 35.5. The van der Waals surface area contributed by atoms with Gasteiger partial charge in [-0.25, -0.2) is 9.18 Å². The van der Waals surface area contributed by atoms with Gasteiger partial charge in [-0.1, -0.05) is 17.7 Å². The number of ether oxygens (including phenoxy) is 3. The van der Waals surface area contributed by atoms with Crippen molar-refractivity contribution in [2.24, 2.45) is 0 Å². The molecule has 176 valence electrons. The Balaban J connectivity index is 1.40. The Morgan fingerprint density at radius 3 is 2.58 bits per heavy atom. The fourth-order valence-electron chi connectivity index (χ4n) is 4.89. The van der Waals surface area contributed by atoms with Gasteiger partial charge in [-0.15, -0.1) is 0 Å². The molecule has 2 aliphatic heterocycles. The van der Waals surface area contributed by atoms with Gasteiger partial charge in [0.1, 0.15) is 11.4 Å². The Morgan fingerprint density at radius 2 is 1.91 bits per heavy atom. The summed E-state index contributed by atoms with van der Waals surface area (Å²) in [5.41, 5.74) is 0.648. The van der Waals surface area contributed by atoms with Crippen molar-refractivity contribution in [2.45, 2.75) is 64.0 Å². The van der Waals surface area contributed by atoms with Gasteiger partial charge in [0.05, 0.1) is 17.3 Å². The van der Waals surface area contributed by atoms with E-state index in [0.29, 0.717) is 29.6 Å². The van der Waals surface area contributed by atoms with Crippen LogP contribution >= 0.6 is 11.6 Å². The molecule has 1 aliphatic carbocycles. The molecule has 6 nitrogen and oxygen atoms in total. The molecule has 1 amide bonds. The molecule has 3 atom stereocenters. The molecule has 5 rings (SSSR count). The number of carbonyl (C=O) groups is 1. The number of para-hydroxylation sites is 1. The quantitative estimate of drug-likeness (QED) is 0.558. The molecule has 0 aromatic heterocycles. The van der Waals surface area contributed by atoms with Crippen LogP contribution in [0.3, 0.4) is 0 Å². The summed E-state index contributed by atoms with van der Waals surface area (Å²) in [4.78, 5) is 16.9. The van der Waals surface area contributed by atoms with E-state index in [-0.39, 0.29) is 23.7 Å². The zero-order chi connectivity index (χ0) is 23.5. The van der Waals surface area contributed by atoms with Crippen molar-refractivity contribution >= 4 is 23.4 Å². The molecule has 2 aromatic rings. The molecular formula is C25H28ClFN2O4. The topological polar surface area (TPSA) is 51.2 Å². The molecular weight excluding hydrogens is 447 g/mol. The van der Waals surface area contributed by atoms with Crippen LogP contribution in [0.15, 0.2) is 36.4 Å². The first-order chi connectivity index (χ1) is 15.6. The van der Waals surface area contributed by atoms with Crippen molar-refractivity contribution in [1.82, 2.24) is 4.90 Å². The molecule has 1 saturated heterocycles. The van der Waals surface area contributed by atoms with E-state index in [2.05, 4.69) is 4.90 Å². The van der Waals surface area contributed by atoms with Gasteiger partial charge in [0.25, 0.3) is 5.79 Å². The van der Waals surface area contributed by atoms with E-state index in [0.717, 1.165) is 18.5 Å². The second kappa shape index (κ2) is 7.69. The third kappa shape index (κ3) is 3.86. The predicted octanol–water partition coefficient (Wildman–Crippen LogP) is 5.71. The third-order valence-electron chi connectivity index (χ3n) is 6.50. The Labute approximate surface area is 198 Å². The van der Waals surface area contributed by atoms with Gasteiger partial charge >= 0.3 is 6.09 Å². The van der Waals surface area contributed by atoms with Gasteiger partial charge < -0.3 is 24.0 Å². The lowest BCUT2D eigenvalue weighted by Gasteiger charge is -2.54. The molecule has 8 heteroatoms. The first-order valence-corrected chi connectivity index (χ1v) is 11.7. The SMILES string of the molecule is CC(C)(C)OC(=O)N1CCN(c2cccc3c2OC(C)(c2ccc(Cl)cc2F)O3)[C@H]2CC[C@H]21. The number of nitrogens with zero attached hydrogens (tertiary/aromatic N) is 2. The van der Waals surface area contributed by atoms with Crippen molar-refractivity contribution < 1.29 is 23.4 Å². The summed E-state index contributed by atoms with van der Waals surface area (Å²) in [6.45, 7) is 8.55. The van der Waals surface area contributed by atoms with Gasteiger partial charge in [-0.2, -0.15) is 0 Å². The molecule has 3 aliphatic rings. The minimum atomic E-state index is -1.30. The van der Waals surface area contributed by atoms with Crippen LogP contribution in [-0.4, -0.2) is 41.8 Å². The van der Waals surface area contributed by atoms with Crippen LogP contribution in [0, 0.1) is 5.82 Å². The minimum absolute atomic E-state index is 0.0897. The van der Waals surface area contributed by atoms with Crippen LogP contribution in [0.25, 0.3) is 0 Å². The summed E-state index contributed by atoms with van der Waals surface area (Å²) in [5, 5.41) is 0.315. The largest absolute Gasteiger partial charge is 0.444 e. The number of carbonyl (C=O) groups excluding carboxylic acids is 1. The lowest BCUT2D eigenvalue weighted by atomic mass is 9.81. The molecule has 0 radical (unpaired) electrons. The van der Waals surface area contributed by atoms with Crippen molar-refractivity contribution in [3.8, 4) is 11.5 Å². The average Bonchev–Trinajstić information content (AvgIpc) is 3.03.